The highest BCUT2D eigenvalue weighted by Crippen LogP contribution is 2.26. The van der Waals surface area contributed by atoms with Crippen LogP contribution in [0.5, 0.6) is 5.88 Å². The summed E-state index contributed by atoms with van der Waals surface area (Å²) in [5.74, 6) is -0.752. The van der Waals surface area contributed by atoms with Crippen molar-refractivity contribution in [3.63, 3.8) is 0 Å². The van der Waals surface area contributed by atoms with Crippen LogP contribution < -0.4 is 4.74 Å². The number of rotatable bonds is 2. The summed E-state index contributed by atoms with van der Waals surface area (Å²) in [7, 11) is 1.53. The standard InChI is InChI=1S/C16H13NO4/c1-21-14-7-5-11-13(17-14)6-4-9-2-3-10(16(19)20)8-12(9)15(11)18/h2-3,5,7-8H,4,6H2,1H3,(H,19,20). The molecule has 1 aromatic carbocycles. The van der Waals surface area contributed by atoms with Gasteiger partial charge in [0.1, 0.15) is 0 Å². The van der Waals surface area contributed by atoms with Crippen molar-refractivity contribution >= 4 is 11.8 Å². The highest BCUT2D eigenvalue weighted by molar-refractivity contribution is 6.12. The highest BCUT2D eigenvalue weighted by atomic mass is 16.5. The molecule has 1 heterocycles. The number of carbonyl (C=O) groups excluding carboxylic acids is 1. The van der Waals surface area contributed by atoms with E-state index in [2.05, 4.69) is 4.98 Å². The topological polar surface area (TPSA) is 76.5 Å². The molecule has 0 radical (unpaired) electrons. The SMILES string of the molecule is COc1ccc2c(n1)CCc1ccc(C(=O)O)cc1C2=O. The van der Waals surface area contributed by atoms with Crippen LogP contribution in [0.3, 0.4) is 0 Å². The lowest BCUT2D eigenvalue weighted by molar-refractivity contribution is 0.0697. The molecule has 5 nitrogen and oxygen atoms in total. The van der Waals surface area contributed by atoms with Crippen molar-refractivity contribution in [1.29, 1.82) is 0 Å². The first-order valence-corrected chi connectivity index (χ1v) is 6.55. The maximum absolute atomic E-state index is 12.6. The van der Waals surface area contributed by atoms with E-state index >= 15 is 0 Å². The lowest BCUT2D eigenvalue weighted by Crippen LogP contribution is -2.08. The second kappa shape index (κ2) is 5.01. The smallest absolute Gasteiger partial charge is 0.335 e. The van der Waals surface area contributed by atoms with Crippen LogP contribution in [-0.4, -0.2) is 29.0 Å². The maximum Gasteiger partial charge on any atom is 0.335 e. The molecule has 0 saturated carbocycles. The minimum Gasteiger partial charge on any atom is -0.481 e. The van der Waals surface area contributed by atoms with Crippen LogP contribution in [0.25, 0.3) is 0 Å². The number of ketones is 1. The number of pyridine rings is 1. The molecule has 1 aromatic heterocycles. The summed E-state index contributed by atoms with van der Waals surface area (Å²) in [6.45, 7) is 0. The number of ether oxygens (including phenoxy) is 1. The number of nitrogens with zero attached hydrogens (tertiary/aromatic N) is 1. The predicted molar refractivity (Wildman–Crippen MR) is 75.0 cm³/mol. The van der Waals surface area contributed by atoms with E-state index in [1.54, 1.807) is 18.2 Å². The van der Waals surface area contributed by atoms with Crippen LogP contribution in [-0.2, 0) is 12.8 Å². The van der Waals surface area contributed by atoms with Gasteiger partial charge in [-0.05, 0) is 36.6 Å². The van der Waals surface area contributed by atoms with Crippen molar-refractivity contribution in [2.75, 3.05) is 7.11 Å². The molecule has 5 heteroatoms. The maximum atomic E-state index is 12.6. The largest absolute Gasteiger partial charge is 0.481 e. The van der Waals surface area contributed by atoms with E-state index in [1.807, 2.05) is 0 Å². The third-order valence-electron chi connectivity index (χ3n) is 3.63. The average molecular weight is 283 g/mol. The van der Waals surface area contributed by atoms with Crippen molar-refractivity contribution in [3.8, 4) is 5.88 Å². The van der Waals surface area contributed by atoms with Crippen LogP contribution in [0.4, 0.5) is 0 Å². The second-order valence-electron chi connectivity index (χ2n) is 4.85. The summed E-state index contributed by atoms with van der Waals surface area (Å²) in [4.78, 5) is 28.0. The highest BCUT2D eigenvalue weighted by Gasteiger charge is 2.23. The lowest BCUT2D eigenvalue weighted by atomic mass is 9.97. The molecule has 0 spiro atoms. The van der Waals surface area contributed by atoms with E-state index < -0.39 is 5.97 Å². The second-order valence-corrected chi connectivity index (χ2v) is 4.85. The van der Waals surface area contributed by atoms with Gasteiger partial charge in [-0.1, -0.05) is 6.07 Å². The van der Waals surface area contributed by atoms with E-state index in [-0.39, 0.29) is 11.3 Å². The van der Waals surface area contributed by atoms with E-state index in [9.17, 15) is 9.59 Å². The number of carboxylic acid groups (broad SMARTS) is 1. The fraction of sp³-hybridized carbons (Fsp3) is 0.188. The number of methoxy groups -OCH3 is 1. The third-order valence-corrected chi connectivity index (χ3v) is 3.63. The number of benzene rings is 1. The van der Waals surface area contributed by atoms with Gasteiger partial charge in [-0.25, -0.2) is 9.78 Å². The summed E-state index contributed by atoms with van der Waals surface area (Å²) in [5.41, 5.74) is 2.61. The molecule has 0 aliphatic heterocycles. The minimum absolute atomic E-state index is 0.118. The summed E-state index contributed by atoms with van der Waals surface area (Å²) in [6.07, 6.45) is 1.27. The Morgan fingerprint density at radius 1 is 1.19 bits per heavy atom. The molecule has 0 atom stereocenters. The zero-order valence-electron chi connectivity index (χ0n) is 11.4. The van der Waals surface area contributed by atoms with Gasteiger partial charge in [0.2, 0.25) is 5.88 Å². The Labute approximate surface area is 121 Å². The number of carboxylic acids is 1. The number of hydrogen-bond acceptors (Lipinski definition) is 4. The first-order valence-electron chi connectivity index (χ1n) is 6.55. The van der Waals surface area contributed by atoms with E-state index in [4.69, 9.17) is 9.84 Å². The van der Waals surface area contributed by atoms with Gasteiger partial charge < -0.3 is 9.84 Å². The number of hydrogen-bond donors (Lipinski definition) is 1. The van der Waals surface area contributed by atoms with Crippen molar-refractivity contribution in [2.45, 2.75) is 12.8 Å². The van der Waals surface area contributed by atoms with Gasteiger partial charge in [0.05, 0.1) is 18.4 Å². The van der Waals surface area contributed by atoms with Crippen molar-refractivity contribution in [3.05, 3.63) is 58.3 Å². The quantitative estimate of drug-likeness (QED) is 0.913. The molecule has 0 unspecified atom stereocenters. The molecule has 21 heavy (non-hydrogen) atoms. The number of aryl methyl sites for hydroxylation is 2. The summed E-state index contributed by atoms with van der Waals surface area (Å²) >= 11 is 0. The summed E-state index contributed by atoms with van der Waals surface area (Å²) < 4.78 is 5.08. The molecule has 1 N–H and O–H groups in total. The van der Waals surface area contributed by atoms with Gasteiger partial charge in [-0.3, -0.25) is 4.79 Å². The molecular weight excluding hydrogens is 270 g/mol. The van der Waals surface area contributed by atoms with Gasteiger partial charge in [0.25, 0.3) is 0 Å². The Morgan fingerprint density at radius 2 is 2.00 bits per heavy atom. The Morgan fingerprint density at radius 3 is 2.71 bits per heavy atom. The van der Waals surface area contributed by atoms with Gasteiger partial charge in [0.15, 0.2) is 5.78 Å². The molecule has 1 aliphatic carbocycles. The van der Waals surface area contributed by atoms with Crippen LogP contribution in [0.15, 0.2) is 30.3 Å². The van der Waals surface area contributed by atoms with Gasteiger partial charge in [-0.2, -0.15) is 0 Å². The summed E-state index contributed by atoms with van der Waals surface area (Å²) in [5, 5.41) is 9.07. The fourth-order valence-electron chi connectivity index (χ4n) is 2.53. The zero-order chi connectivity index (χ0) is 15.0. The molecule has 0 amide bonds. The van der Waals surface area contributed by atoms with E-state index in [0.29, 0.717) is 35.5 Å². The van der Waals surface area contributed by atoms with Crippen LogP contribution in [0.1, 0.15) is 37.5 Å². The first-order chi connectivity index (χ1) is 10.1. The van der Waals surface area contributed by atoms with Crippen LogP contribution >= 0.6 is 0 Å². The first kappa shape index (κ1) is 13.3. The molecule has 2 aromatic rings. The summed E-state index contributed by atoms with van der Waals surface area (Å²) in [6, 6.07) is 8.01. The van der Waals surface area contributed by atoms with Crippen LogP contribution in [0, 0.1) is 0 Å². The monoisotopic (exact) mass is 283 g/mol. The molecule has 0 saturated heterocycles. The average Bonchev–Trinajstić information content (AvgIpc) is 2.64. The van der Waals surface area contributed by atoms with E-state index in [0.717, 1.165) is 5.56 Å². The minimum atomic E-state index is -1.04. The predicted octanol–water partition coefficient (Wildman–Crippen LogP) is 2.12. The van der Waals surface area contributed by atoms with E-state index in [1.165, 1.54) is 19.2 Å². The molecule has 3 rings (SSSR count). The Balaban J connectivity index is 2.13. The number of aromatic carboxylic acids is 1. The molecular formula is C16H13NO4. The number of fused-ring (bicyclic) bond motifs is 2. The molecule has 0 bridgehead atoms. The van der Waals surface area contributed by atoms with Crippen molar-refractivity contribution < 1.29 is 19.4 Å². The van der Waals surface area contributed by atoms with Gasteiger partial charge >= 0.3 is 5.97 Å². The fourth-order valence-corrected chi connectivity index (χ4v) is 2.53. The molecule has 1 aliphatic rings. The van der Waals surface area contributed by atoms with Crippen molar-refractivity contribution in [2.24, 2.45) is 0 Å². The molecule has 106 valence electrons. The molecule has 0 fully saturated rings. The Kier molecular flexibility index (Phi) is 3.17. The third kappa shape index (κ3) is 2.27. The van der Waals surface area contributed by atoms with Crippen molar-refractivity contribution in [1.82, 2.24) is 4.98 Å². The van der Waals surface area contributed by atoms with Gasteiger partial charge in [0, 0.05) is 17.2 Å². The number of aromatic nitrogens is 1. The number of carbonyl (C=O) groups is 2. The Hall–Kier alpha value is -2.69. The zero-order valence-corrected chi connectivity index (χ0v) is 11.4. The van der Waals surface area contributed by atoms with Crippen LogP contribution in [0.2, 0.25) is 0 Å². The van der Waals surface area contributed by atoms with Gasteiger partial charge in [-0.15, -0.1) is 0 Å². The Bertz CT molecular complexity index is 752. The lowest BCUT2D eigenvalue weighted by Gasteiger charge is -2.07. The normalized spacial score (nSPS) is 13.1.